The summed E-state index contributed by atoms with van der Waals surface area (Å²) in [4.78, 5) is 4.30. The second-order valence-corrected chi connectivity index (χ2v) is 4.72. The molecule has 96 valence electrons. The molecule has 0 radical (unpaired) electrons. The van der Waals surface area contributed by atoms with Gasteiger partial charge >= 0.3 is 0 Å². The molecule has 6 nitrogen and oxygen atoms in total. The normalized spacial score (nSPS) is 18.4. The number of fused-ring (bicyclic) bond motifs is 1. The maximum absolute atomic E-state index is 8.99. The summed E-state index contributed by atoms with van der Waals surface area (Å²) in [7, 11) is 1.96. The maximum Gasteiger partial charge on any atom is 0.160 e. The first-order chi connectivity index (χ1) is 8.78. The summed E-state index contributed by atoms with van der Waals surface area (Å²) in [5.41, 5.74) is 0.884. The number of aliphatic hydroxyl groups is 1. The van der Waals surface area contributed by atoms with Gasteiger partial charge in [0.1, 0.15) is 11.5 Å². The molecular weight excluding hydrogens is 230 g/mol. The van der Waals surface area contributed by atoms with E-state index in [0.29, 0.717) is 5.92 Å². The van der Waals surface area contributed by atoms with Crippen molar-refractivity contribution in [1.82, 2.24) is 19.3 Å². The molecule has 3 rings (SSSR count). The first kappa shape index (κ1) is 11.3. The molecular formula is C12H17N5O. The molecule has 0 amide bonds. The third kappa shape index (κ3) is 1.88. The van der Waals surface area contributed by atoms with Crippen molar-refractivity contribution in [3.05, 3.63) is 18.5 Å². The molecule has 0 saturated heterocycles. The van der Waals surface area contributed by atoms with Crippen LogP contribution >= 0.6 is 0 Å². The van der Waals surface area contributed by atoms with Crippen LogP contribution in [0.1, 0.15) is 6.42 Å². The first-order valence-electron chi connectivity index (χ1n) is 6.18. The van der Waals surface area contributed by atoms with E-state index < -0.39 is 0 Å². The van der Waals surface area contributed by atoms with Gasteiger partial charge < -0.3 is 15.0 Å². The maximum atomic E-state index is 8.99. The predicted molar refractivity (Wildman–Crippen MR) is 68.1 cm³/mol. The van der Waals surface area contributed by atoms with Crippen molar-refractivity contribution in [1.29, 1.82) is 0 Å². The molecule has 1 unspecified atom stereocenters. The number of hydrogen-bond donors (Lipinski definition) is 2. The standard InChI is InChI=1S/C12H17N5O/c1-16-4-3-13-12(16)10-6-11-14-7-9(2-5-18)8-17(11)15-10/h3-4,6,9,14,18H,2,5,7-8H2,1H3. The van der Waals surface area contributed by atoms with Crippen LogP contribution in [0.2, 0.25) is 0 Å². The zero-order valence-electron chi connectivity index (χ0n) is 10.4. The number of imidazole rings is 1. The Morgan fingerprint density at radius 1 is 1.56 bits per heavy atom. The highest BCUT2D eigenvalue weighted by Gasteiger charge is 2.20. The summed E-state index contributed by atoms with van der Waals surface area (Å²) in [5.74, 6) is 2.34. The summed E-state index contributed by atoms with van der Waals surface area (Å²) < 4.78 is 3.92. The van der Waals surface area contributed by atoms with Crippen molar-refractivity contribution in [3.63, 3.8) is 0 Å². The highest BCUT2D eigenvalue weighted by molar-refractivity contribution is 5.57. The number of aromatic nitrogens is 4. The van der Waals surface area contributed by atoms with E-state index in [1.165, 1.54) is 0 Å². The van der Waals surface area contributed by atoms with Gasteiger partial charge in [-0.3, -0.25) is 0 Å². The molecule has 0 fully saturated rings. The van der Waals surface area contributed by atoms with Gasteiger partial charge in [0.25, 0.3) is 0 Å². The summed E-state index contributed by atoms with van der Waals surface area (Å²) in [6.07, 6.45) is 4.50. The van der Waals surface area contributed by atoms with Gasteiger partial charge in [-0.1, -0.05) is 0 Å². The molecule has 2 aromatic heterocycles. The largest absolute Gasteiger partial charge is 0.396 e. The van der Waals surface area contributed by atoms with Gasteiger partial charge in [-0.2, -0.15) is 5.10 Å². The van der Waals surface area contributed by atoms with Crippen LogP contribution in [-0.2, 0) is 13.6 Å². The van der Waals surface area contributed by atoms with Crippen LogP contribution in [0.25, 0.3) is 11.5 Å². The van der Waals surface area contributed by atoms with Crippen LogP contribution in [0.3, 0.4) is 0 Å². The molecule has 1 aliphatic rings. The number of aliphatic hydroxyl groups excluding tert-OH is 1. The Labute approximate surface area is 105 Å². The molecule has 6 heteroatoms. The Balaban J connectivity index is 1.87. The van der Waals surface area contributed by atoms with Gasteiger partial charge in [0.2, 0.25) is 0 Å². The Morgan fingerprint density at radius 3 is 3.17 bits per heavy atom. The molecule has 3 heterocycles. The SMILES string of the molecule is Cn1ccnc1-c1cc2n(n1)CC(CCO)CN2. The van der Waals surface area contributed by atoms with E-state index in [4.69, 9.17) is 5.11 Å². The van der Waals surface area contributed by atoms with E-state index in [1.54, 1.807) is 6.20 Å². The monoisotopic (exact) mass is 247 g/mol. The molecule has 0 bridgehead atoms. The van der Waals surface area contributed by atoms with Crippen molar-refractivity contribution in [2.45, 2.75) is 13.0 Å². The summed E-state index contributed by atoms with van der Waals surface area (Å²) in [5, 5.41) is 16.9. The lowest BCUT2D eigenvalue weighted by Gasteiger charge is -2.23. The fourth-order valence-electron chi connectivity index (χ4n) is 2.35. The number of hydrogen-bond acceptors (Lipinski definition) is 4. The van der Waals surface area contributed by atoms with E-state index in [1.807, 2.05) is 28.6 Å². The van der Waals surface area contributed by atoms with Gasteiger partial charge in [-0.25, -0.2) is 9.67 Å². The minimum absolute atomic E-state index is 0.231. The smallest absolute Gasteiger partial charge is 0.160 e. The number of aryl methyl sites for hydroxylation is 1. The molecule has 1 atom stereocenters. The summed E-state index contributed by atoms with van der Waals surface area (Å²) >= 11 is 0. The zero-order chi connectivity index (χ0) is 12.5. The van der Waals surface area contributed by atoms with E-state index in [0.717, 1.165) is 36.8 Å². The van der Waals surface area contributed by atoms with Crippen molar-refractivity contribution in [2.75, 3.05) is 18.5 Å². The molecule has 0 aromatic carbocycles. The van der Waals surface area contributed by atoms with Gasteiger partial charge in [0, 0.05) is 45.2 Å². The molecule has 0 aliphatic carbocycles. The first-order valence-corrected chi connectivity index (χ1v) is 6.18. The minimum atomic E-state index is 0.231. The highest BCUT2D eigenvalue weighted by Crippen LogP contribution is 2.24. The fraction of sp³-hybridized carbons (Fsp3) is 0.500. The van der Waals surface area contributed by atoms with E-state index in [-0.39, 0.29) is 6.61 Å². The number of rotatable bonds is 3. The molecule has 0 saturated carbocycles. The number of nitrogens with one attached hydrogen (secondary N) is 1. The van der Waals surface area contributed by atoms with Crippen molar-refractivity contribution in [2.24, 2.45) is 13.0 Å². The summed E-state index contributed by atoms with van der Waals surface area (Å²) in [6, 6.07) is 2.03. The van der Waals surface area contributed by atoms with Crippen molar-refractivity contribution >= 4 is 5.82 Å². The second-order valence-electron chi connectivity index (χ2n) is 4.72. The van der Waals surface area contributed by atoms with Crippen LogP contribution in [-0.4, -0.2) is 37.6 Å². The third-order valence-electron chi connectivity index (χ3n) is 3.37. The van der Waals surface area contributed by atoms with E-state index in [2.05, 4.69) is 15.4 Å². The molecule has 1 aliphatic heterocycles. The molecule has 2 aromatic rings. The second kappa shape index (κ2) is 4.45. The van der Waals surface area contributed by atoms with Crippen LogP contribution in [0.5, 0.6) is 0 Å². The molecule has 0 spiro atoms. The lowest BCUT2D eigenvalue weighted by molar-refractivity contribution is 0.244. The quantitative estimate of drug-likeness (QED) is 0.838. The Bertz CT molecular complexity index is 544. The fourth-order valence-corrected chi connectivity index (χ4v) is 2.35. The van der Waals surface area contributed by atoms with Gasteiger partial charge in [-0.05, 0) is 12.3 Å². The number of nitrogens with zero attached hydrogens (tertiary/aromatic N) is 4. The van der Waals surface area contributed by atoms with Crippen LogP contribution in [0, 0.1) is 5.92 Å². The average molecular weight is 247 g/mol. The topological polar surface area (TPSA) is 67.9 Å². The Hall–Kier alpha value is -1.82. The zero-order valence-corrected chi connectivity index (χ0v) is 10.4. The van der Waals surface area contributed by atoms with E-state index in [9.17, 15) is 0 Å². The van der Waals surface area contributed by atoms with Gasteiger partial charge in [0.15, 0.2) is 5.82 Å². The average Bonchev–Trinajstić information content (AvgIpc) is 2.94. The van der Waals surface area contributed by atoms with Crippen LogP contribution in [0.4, 0.5) is 5.82 Å². The lowest BCUT2D eigenvalue weighted by atomic mass is 10.1. The molecule has 2 N–H and O–H groups in total. The molecule has 18 heavy (non-hydrogen) atoms. The van der Waals surface area contributed by atoms with Crippen LogP contribution in [0.15, 0.2) is 18.5 Å². The third-order valence-corrected chi connectivity index (χ3v) is 3.37. The van der Waals surface area contributed by atoms with Gasteiger partial charge in [-0.15, -0.1) is 0 Å². The number of anilines is 1. The Morgan fingerprint density at radius 2 is 2.44 bits per heavy atom. The predicted octanol–water partition coefficient (Wildman–Crippen LogP) is 0.708. The van der Waals surface area contributed by atoms with Crippen molar-refractivity contribution in [3.8, 4) is 11.5 Å². The summed E-state index contributed by atoms with van der Waals surface area (Å²) in [6.45, 7) is 1.98. The van der Waals surface area contributed by atoms with E-state index >= 15 is 0 Å². The Kier molecular flexibility index (Phi) is 2.79. The lowest BCUT2D eigenvalue weighted by Crippen LogP contribution is -2.28. The highest BCUT2D eigenvalue weighted by atomic mass is 16.3. The van der Waals surface area contributed by atoms with Gasteiger partial charge in [0.05, 0.1) is 0 Å². The van der Waals surface area contributed by atoms with Crippen LogP contribution < -0.4 is 5.32 Å². The van der Waals surface area contributed by atoms with Crippen molar-refractivity contribution < 1.29 is 5.11 Å². The minimum Gasteiger partial charge on any atom is -0.396 e.